The molecule has 0 amide bonds. The Bertz CT molecular complexity index is 273. The fourth-order valence-electron chi connectivity index (χ4n) is 1.34. The lowest BCUT2D eigenvalue weighted by atomic mass is 10.0. The first-order valence-electron chi connectivity index (χ1n) is 4.84. The second kappa shape index (κ2) is 5.71. The van der Waals surface area contributed by atoms with E-state index in [-0.39, 0.29) is 6.04 Å². The van der Waals surface area contributed by atoms with E-state index >= 15 is 0 Å². The molecule has 0 aliphatic rings. The number of halogens is 1. The van der Waals surface area contributed by atoms with Gasteiger partial charge in [-0.3, -0.25) is 11.3 Å². The Hall–Kier alpha value is -0.0900. The van der Waals surface area contributed by atoms with Crippen molar-refractivity contribution < 1.29 is 0 Å². The molecule has 3 N–H and O–H groups in total. The Kier molecular flexibility index (Phi) is 4.89. The molecule has 14 heavy (non-hydrogen) atoms. The van der Waals surface area contributed by atoms with Crippen LogP contribution in [0.1, 0.15) is 37.6 Å². The fourth-order valence-corrected chi connectivity index (χ4v) is 2.63. The van der Waals surface area contributed by atoms with Gasteiger partial charge >= 0.3 is 0 Å². The van der Waals surface area contributed by atoms with E-state index in [0.29, 0.717) is 5.92 Å². The maximum Gasteiger partial charge on any atom is 0.0568 e. The van der Waals surface area contributed by atoms with Crippen LogP contribution in [-0.2, 0) is 0 Å². The summed E-state index contributed by atoms with van der Waals surface area (Å²) in [6, 6.07) is 2.12. The van der Waals surface area contributed by atoms with Crippen molar-refractivity contribution in [3.8, 4) is 0 Å². The minimum atomic E-state index is 0.199. The molecule has 0 bridgehead atoms. The second-order valence-electron chi connectivity index (χ2n) is 3.82. The van der Waals surface area contributed by atoms with Gasteiger partial charge in [0.15, 0.2) is 0 Å². The third-order valence-corrected chi connectivity index (χ3v) is 3.67. The molecule has 1 unspecified atom stereocenters. The first kappa shape index (κ1) is 12.0. The molecule has 1 heterocycles. The van der Waals surface area contributed by atoms with Gasteiger partial charge in [0.2, 0.25) is 0 Å². The van der Waals surface area contributed by atoms with Crippen molar-refractivity contribution in [2.75, 3.05) is 0 Å². The molecule has 1 aromatic heterocycles. The first-order valence-corrected chi connectivity index (χ1v) is 6.10. The Balaban J connectivity index is 2.58. The Morgan fingerprint density at radius 3 is 2.64 bits per heavy atom. The average molecular weight is 233 g/mol. The van der Waals surface area contributed by atoms with Crippen LogP contribution in [0.15, 0.2) is 11.4 Å². The van der Waals surface area contributed by atoms with Crippen LogP contribution < -0.4 is 11.3 Å². The van der Waals surface area contributed by atoms with Gasteiger partial charge in [0.1, 0.15) is 0 Å². The Labute approximate surface area is 94.4 Å². The van der Waals surface area contributed by atoms with Gasteiger partial charge in [0.25, 0.3) is 0 Å². The normalized spacial score (nSPS) is 13.5. The molecule has 1 rings (SSSR count). The van der Waals surface area contributed by atoms with Crippen LogP contribution in [0.2, 0.25) is 5.02 Å². The van der Waals surface area contributed by atoms with E-state index in [4.69, 9.17) is 17.4 Å². The lowest BCUT2D eigenvalue weighted by Gasteiger charge is -2.15. The minimum absolute atomic E-state index is 0.199. The second-order valence-corrected chi connectivity index (χ2v) is 5.18. The van der Waals surface area contributed by atoms with E-state index in [2.05, 4.69) is 19.3 Å². The van der Waals surface area contributed by atoms with E-state index in [9.17, 15) is 0 Å². The minimum Gasteiger partial charge on any atom is -0.271 e. The molecule has 1 atom stereocenters. The zero-order valence-electron chi connectivity index (χ0n) is 8.59. The van der Waals surface area contributed by atoms with Crippen LogP contribution in [0.25, 0.3) is 0 Å². The van der Waals surface area contributed by atoms with Crippen molar-refractivity contribution in [2.24, 2.45) is 11.8 Å². The third kappa shape index (κ3) is 3.24. The van der Waals surface area contributed by atoms with Gasteiger partial charge in [0.05, 0.1) is 11.1 Å². The SMILES string of the molecule is CC(C)CCC(NN)c1sccc1Cl. The molecule has 0 radical (unpaired) electrons. The molecule has 1 aromatic rings. The number of nitrogens with one attached hydrogen (secondary N) is 1. The van der Waals surface area contributed by atoms with E-state index in [1.165, 1.54) is 0 Å². The Morgan fingerprint density at radius 2 is 2.21 bits per heavy atom. The van der Waals surface area contributed by atoms with Gasteiger partial charge in [0, 0.05) is 4.88 Å². The molecule has 0 aromatic carbocycles. The number of rotatable bonds is 5. The summed E-state index contributed by atoms with van der Waals surface area (Å²) in [5.41, 5.74) is 2.83. The highest BCUT2D eigenvalue weighted by Crippen LogP contribution is 2.31. The monoisotopic (exact) mass is 232 g/mol. The average Bonchev–Trinajstić information content (AvgIpc) is 2.53. The molecular weight excluding hydrogens is 216 g/mol. The van der Waals surface area contributed by atoms with E-state index in [1.807, 2.05) is 11.4 Å². The molecule has 0 fully saturated rings. The van der Waals surface area contributed by atoms with Crippen LogP contribution in [0.3, 0.4) is 0 Å². The van der Waals surface area contributed by atoms with Gasteiger partial charge in [-0.05, 0) is 30.2 Å². The summed E-state index contributed by atoms with van der Waals surface area (Å²) in [5.74, 6) is 6.22. The predicted molar refractivity (Wildman–Crippen MR) is 63.5 cm³/mol. The molecule has 80 valence electrons. The van der Waals surface area contributed by atoms with Crippen LogP contribution in [0.5, 0.6) is 0 Å². The van der Waals surface area contributed by atoms with E-state index in [1.54, 1.807) is 11.3 Å². The number of thiophene rings is 1. The molecule has 0 saturated carbocycles. The van der Waals surface area contributed by atoms with Crippen molar-refractivity contribution in [1.82, 2.24) is 5.43 Å². The van der Waals surface area contributed by atoms with E-state index < -0.39 is 0 Å². The highest BCUT2D eigenvalue weighted by Gasteiger charge is 2.14. The summed E-state index contributed by atoms with van der Waals surface area (Å²) in [5, 5.41) is 2.82. The first-order chi connectivity index (χ1) is 6.65. The Morgan fingerprint density at radius 1 is 1.50 bits per heavy atom. The van der Waals surface area contributed by atoms with Crippen molar-refractivity contribution in [3.63, 3.8) is 0 Å². The lowest BCUT2D eigenvalue weighted by Crippen LogP contribution is -2.27. The maximum absolute atomic E-state index is 6.04. The van der Waals surface area contributed by atoms with Crippen LogP contribution in [0.4, 0.5) is 0 Å². The van der Waals surface area contributed by atoms with Crippen molar-refractivity contribution >= 4 is 22.9 Å². The molecular formula is C10H17ClN2S. The molecule has 2 nitrogen and oxygen atoms in total. The lowest BCUT2D eigenvalue weighted by molar-refractivity contribution is 0.453. The van der Waals surface area contributed by atoms with Crippen LogP contribution in [-0.4, -0.2) is 0 Å². The van der Waals surface area contributed by atoms with Crippen molar-refractivity contribution in [1.29, 1.82) is 0 Å². The third-order valence-electron chi connectivity index (χ3n) is 2.20. The highest BCUT2D eigenvalue weighted by atomic mass is 35.5. The molecule has 0 aliphatic heterocycles. The summed E-state index contributed by atoms with van der Waals surface area (Å²) >= 11 is 7.70. The van der Waals surface area contributed by atoms with Gasteiger partial charge in [-0.2, -0.15) is 0 Å². The number of hydrogen-bond donors (Lipinski definition) is 2. The quantitative estimate of drug-likeness (QED) is 0.604. The summed E-state index contributed by atoms with van der Waals surface area (Å²) in [4.78, 5) is 1.15. The number of hydrazine groups is 1. The zero-order chi connectivity index (χ0) is 10.6. The largest absolute Gasteiger partial charge is 0.271 e. The molecule has 0 aliphatic carbocycles. The summed E-state index contributed by atoms with van der Waals surface area (Å²) in [6.45, 7) is 4.42. The summed E-state index contributed by atoms with van der Waals surface area (Å²) < 4.78 is 0. The number of nitrogens with two attached hydrogens (primary N) is 1. The summed E-state index contributed by atoms with van der Waals surface area (Å²) in [6.07, 6.45) is 2.19. The van der Waals surface area contributed by atoms with Gasteiger partial charge < -0.3 is 0 Å². The zero-order valence-corrected chi connectivity index (χ0v) is 10.2. The smallest absolute Gasteiger partial charge is 0.0568 e. The standard InChI is InChI=1S/C10H17ClN2S/c1-7(2)3-4-9(13-12)10-8(11)5-6-14-10/h5-7,9,13H,3-4,12H2,1-2H3. The highest BCUT2D eigenvalue weighted by molar-refractivity contribution is 7.10. The van der Waals surface area contributed by atoms with Crippen LogP contribution >= 0.6 is 22.9 Å². The predicted octanol–water partition coefficient (Wildman–Crippen LogP) is 3.34. The fraction of sp³-hybridized carbons (Fsp3) is 0.600. The van der Waals surface area contributed by atoms with Gasteiger partial charge in [-0.1, -0.05) is 25.4 Å². The summed E-state index contributed by atoms with van der Waals surface area (Å²) in [7, 11) is 0. The van der Waals surface area contributed by atoms with Crippen LogP contribution in [0, 0.1) is 5.92 Å². The van der Waals surface area contributed by atoms with Gasteiger partial charge in [-0.15, -0.1) is 11.3 Å². The molecule has 0 saturated heterocycles. The maximum atomic E-state index is 6.04. The molecule has 4 heteroatoms. The molecule has 0 spiro atoms. The van der Waals surface area contributed by atoms with Gasteiger partial charge in [-0.25, -0.2) is 0 Å². The topological polar surface area (TPSA) is 38.0 Å². The van der Waals surface area contributed by atoms with Crippen molar-refractivity contribution in [3.05, 3.63) is 21.3 Å². The van der Waals surface area contributed by atoms with E-state index in [0.717, 1.165) is 22.7 Å². The number of hydrogen-bond acceptors (Lipinski definition) is 3. The van der Waals surface area contributed by atoms with Crippen molar-refractivity contribution in [2.45, 2.75) is 32.7 Å².